The lowest BCUT2D eigenvalue weighted by molar-refractivity contribution is 0.230. The molecular formula is C22H23FN2O4. The monoisotopic (exact) mass is 398 g/mol. The van der Waals surface area contributed by atoms with E-state index in [9.17, 15) is 9.18 Å². The zero-order chi connectivity index (χ0) is 20.2. The number of H-pyrrole nitrogens is 1. The summed E-state index contributed by atoms with van der Waals surface area (Å²) in [6.07, 6.45) is 1.54. The lowest BCUT2D eigenvalue weighted by Gasteiger charge is -2.26. The summed E-state index contributed by atoms with van der Waals surface area (Å²) in [5.41, 5.74) is 2.36. The molecule has 0 amide bonds. The van der Waals surface area contributed by atoms with Crippen LogP contribution in [0.4, 0.5) is 4.39 Å². The van der Waals surface area contributed by atoms with E-state index in [1.807, 2.05) is 31.2 Å². The molecule has 152 valence electrons. The lowest BCUT2D eigenvalue weighted by Crippen LogP contribution is -2.38. The number of hydrogen-bond acceptors (Lipinski definition) is 5. The molecule has 4 rings (SSSR count). The van der Waals surface area contributed by atoms with Gasteiger partial charge in [0, 0.05) is 23.7 Å². The Hall–Kier alpha value is -3.06. The predicted octanol–water partition coefficient (Wildman–Crippen LogP) is 3.34. The number of benzene rings is 2. The fraction of sp³-hybridized carbons (Fsp3) is 0.318. The number of rotatable bonds is 7. The van der Waals surface area contributed by atoms with E-state index in [4.69, 9.17) is 14.0 Å². The quantitative estimate of drug-likeness (QED) is 0.638. The molecule has 1 atom stereocenters. The largest absolute Gasteiger partial charge is 0.492 e. The maximum atomic E-state index is 14.1. The minimum absolute atomic E-state index is 0.111. The molecular weight excluding hydrogens is 375 g/mol. The van der Waals surface area contributed by atoms with Gasteiger partial charge in [-0.1, -0.05) is 25.1 Å². The summed E-state index contributed by atoms with van der Waals surface area (Å²) in [5, 5.41) is 5.60. The minimum atomic E-state index is -0.249. The molecule has 0 bridgehead atoms. The summed E-state index contributed by atoms with van der Waals surface area (Å²) in [4.78, 5) is 11.1. The number of aryl methyl sites for hydroxylation is 1. The van der Waals surface area contributed by atoms with Gasteiger partial charge in [0.25, 0.3) is 5.56 Å². The first-order chi connectivity index (χ1) is 14.1. The first-order valence-corrected chi connectivity index (χ1v) is 9.68. The van der Waals surface area contributed by atoms with Crippen LogP contribution in [0.2, 0.25) is 0 Å². The highest BCUT2D eigenvalue weighted by Gasteiger charge is 2.20. The Labute approximate surface area is 167 Å². The van der Waals surface area contributed by atoms with E-state index in [0.717, 1.165) is 29.7 Å². The van der Waals surface area contributed by atoms with Crippen molar-refractivity contribution in [1.29, 1.82) is 0 Å². The second-order valence-corrected chi connectivity index (χ2v) is 7.06. The van der Waals surface area contributed by atoms with Crippen LogP contribution in [0.3, 0.4) is 0 Å². The van der Waals surface area contributed by atoms with Crippen LogP contribution in [0, 0.1) is 5.82 Å². The molecule has 3 aromatic rings. The van der Waals surface area contributed by atoms with E-state index in [-0.39, 0.29) is 24.0 Å². The number of nitrogens with one attached hydrogen (secondary N) is 2. The summed E-state index contributed by atoms with van der Waals surface area (Å²) >= 11 is 0. The highest BCUT2D eigenvalue weighted by molar-refractivity contribution is 5.42. The fourth-order valence-electron chi connectivity index (χ4n) is 3.48. The van der Waals surface area contributed by atoms with Gasteiger partial charge in [-0.3, -0.25) is 4.79 Å². The van der Waals surface area contributed by atoms with E-state index in [2.05, 4.69) is 10.5 Å². The van der Waals surface area contributed by atoms with Crippen LogP contribution in [-0.2, 0) is 26.0 Å². The highest BCUT2D eigenvalue weighted by atomic mass is 19.1. The van der Waals surface area contributed by atoms with Crippen molar-refractivity contribution in [2.45, 2.75) is 39.0 Å². The maximum Gasteiger partial charge on any atom is 0.280 e. The summed E-state index contributed by atoms with van der Waals surface area (Å²) in [5.74, 6) is 1.74. The van der Waals surface area contributed by atoms with Gasteiger partial charge in [-0.05, 0) is 36.1 Å². The van der Waals surface area contributed by atoms with Crippen molar-refractivity contribution in [2.24, 2.45) is 0 Å². The van der Waals surface area contributed by atoms with Crippen molar-refractivity contribution in [2.75, 3.05) is 6.61 Å². The molecule has 0 aliphatic carbocycles. The second kappa shape index (κ2) is 8.53. The van der Waals surface area contributed by atoms with Gasteiger partial charge in [0.05, 0.1) is 6.54 Å². The summed E-state index contributed by atoms with van der Waals surface area (Å²) < 4.78 is 30.9. The number of ether oxygens (including phenoxy) is 2. The van der Waals surface area contributed by atoms with Crippen molar-refractivity contribution in [3.8, 4) is 11.5 Å². The predicted molar refractivity (Wildman–Crippen MR) is 106 cm³/mol. The normalized spacial score (nSPS) is 15.6. The Morgan fingerprint density at radius 2 is 2.17 bits per heavy atom. The molecule has 1 aliphatic rings. The molecule has 2 N–H and O–H groups in total. The highest BCUT2D eigenvalue weighted by Crippen LogP contribution is 2.30. The van der Waals surface area contributed by atoms with Crippen molar-refractivity contribution < 1.29 is 18.4 Å². The van der Waals surface area contributed by atoms with Crippen LogP contribution in [0.25, 0.3) is 0 Å². The fourth-order valence-corrected chi connectivity index (χ4v) is 3.48. The second-order valence-electron chi connectivity index (χ2n) is 7.06. The van der Waals surface area contributed by atoms with Crippen LogP contribution in [-0.4, -0.2) is 17.8 Å². The van der Waals surface area contributed by atoms with Crippen molar-refractivity contribution in [3.05, 3.63) is 81.1 Å². The third-order valence-electron chi connectivity index (χ3n) is 5.06. The van der Waals surface area contributed by atoms with Gasteiger partial charge in [0.15, 0.2) is 5.76 Å². The van der Waals surface area contributed by atoms with Gasteiger partial charge in [-0.2, -0.15) is 5.16 Å². The topological polar surface area (TPSA) is 76.5 Å². The first-order valence-electron chi connectivity index (χ1n) is 9.68. The zero-order valence-electron chi connectivity index (χ0n) is 16.2. The SMILES string of the molecule is CCc1cccc(F)c1COc1ccc2c(c1)OC[C@@H](NCc1cc(=O)[nH]o1)C2. The molecule has 0 saturated heterocycles. The molecule has 7 heteroatoms. The van der Waals surface area contributed by atoms with Gasteiger partial charge < -0.3 is 19.3 Å². The molecule has 0 fully saturated rings. The van der Waals surface area contributed by atoms with E-state index in [0.29, 0.717) is 30.2 Å². The Bertz CT molecular complexity index is 1040. The Morgan fingerprint density at radius 1 is 1.28 bits per heavy atom. The molecule has 2 heterocycles. The molecule has 0 radical (unpaired) electrons. The molecule has 29 heavy (non-hydrogen) atoms. The third kappa shape index (κ3) is 4.51. The van der Waals surface area contributed by atoms with Gasteiger partial charge in [0.2, 0.25) is 0 Å². The molecule has 1 aliphatic heterocycles. The number of aromatic nitrogens is 1. The Kier molecular flexibility index (Phi) is 5.67. The number of fused-ring (bicyclic) bond motifs is 1. The van der Waals surface area contributed by atoms with Crippen LogP contribution >= 0.6 is 0 Å². The van der Waals surface area contributed by atoms with Crippen LogP contribution in [0.5, 0.6) is 11.5 Å². The van der Waals surface area contributed by atoms with Crippen LogP contribution in [0.1, 0.15) is 29.4 Å². The Balaban J connectivity index is 1.37. The smallest absolute Gasteiger partial charge is 0.280 e. The van der Waals surface area contributed by atoms with E-state index < -0.39 is 0 Å². The van der Waals surface area contributed by atoms with Gasteiger partial charge in [0.1, 0.15) is 30.5 Å². The zero-order valence-corrected chi connectivity index (χ0v) is 16.2. The molecule has 0 unspecified atom stereocenters. The first kappa shape index (κ1) is 19.3. The number of halogens is 1. The minimum Gasteiger partial charge on any atom is -0.492 e. The standard InChI is InChI=1S/C22H23FN2O4/c1-2-14-4-3-5-20(23)19(14)13-27-17-7-6-15-8-16(12-28-21(15)9-17)24-11-18-10-22(26)25-29-18/h3-7,9-10,16,24H,2,8,11-13H2,1H3,(H,25,26)/t16-/m0/s1. The summed E-state index contributed by atoms with van der Waals surface area (Å²) in [6, 6.07) is 12.3. The average molecular weight is 398 g/mol. The van der Waals surface area contributed by atoms with Crippen molar-refractivity contribution in [1.82, 2.24) is 10.5 Å². The van der Waals surface area contributed by atoms with Gasteiger partial charge in [-0.25, -0.2) is 4.39 Å². The van der Waals surface area contributed by atoms with Crippen LogP contribution in [0.15, 0.2) is 51.8 Å². The van der Waals surface area contributed by atoms with Crippen molar-refractivity contribution in [3.63, 3.8) is 0 Å². The van der Waals surface area contributed by atoms with E-state index in [1.54, 1.807) is 6.07 Å². The van der Waals surface area contributed by atoms with Gasteiger partial charge >= 0.3 is 0 Å². The van der Waals surface area contributed by atoms with Crippen LogP contribution < -0.4 is 20.3 Å². The van der Waals surface area contributed by atoms with E-state index in [1.165, 1.54) is 12.1 Å². The lowest BCUT2D eigenvalue weighted by atomic mass is 10.0. The molecule has 0 saturated carbocycles. The molecule has 0 spiro atoms. The maximum absolute atomic E-state index is 14.1. The van der Waals surface area contributed by atoms with Crippen molar-refractivity contribution >= 4 is 0 Å². The molecule has 2 aromatic carbocycles. The molecule has 6 nitrogen and oxygen atoms in total. The van der Waals surface area contributed by atoms with Gasteiger partial charge in [-0.15, -0.1) is 0 Å². The molecule has 1 aromatic heterocycles. The summed E-state index contributed by atoms with van der Waals surface area (Å²) in [6.45, 7) is 3.13. The number of hydrogen-bond donors (Lipinski definition) is 2. The number of aromatic amines is 1. The summed E-state index contributed by atoms with van der Waals surface area (Å²) in [7, 11) is 0. The third-order valence-corrected chi connectivity index (χ3v) is 5.06. The average Bonchev–Trinajstić information content (AvgIpc) is 3.16. The van der Waals surface area contributed by atoms with E-state index >= 15 is 0 Å². The Morgan fingerprint density at radius 3 is 2.97 bits per heavy atom.